The second-order valence-electron chi connectivity index (χ2n) is 9.41. The van der Waals surface area contributed by atoms with Crippen molar-refractivity contribution in [3.8, 4) is 0 Å². The van der Waals surface area contributed by atoms with Gasteiger partial charge < -0.3 is 10.2 Å². The van der Waals surface area contributed by atoms with Gasteiger partial charge in [-0.25, -0.2) is 8.42 Å². The Morgan fingerprint density at radius 1 is 0.949 bits per heavy atom. The van der Waals surface area contributed by atoms with E-state index in [-0.39, 0.29) is 39.1 Å². The number of benzene rings is 3. The van der Waals surface area contributed by atoms with E-state index in [0.29, 0.717) is 0 Å². The van der Waals surface area contributed by atoms with Gasteiger partial charge >= 0.3 is 0 Å². The van der Waals surface area contributed by atoms with Crippen molar-refractivity contribution in [3.05, 3.63) is 92.4 Å². The van der Waals surface area contributed by atoms with E-state index in [0.717, 1.165) is 19.9 Å². The van der Waals surface area contributed by atoms with Gasteiger partial charge in [-0.15, -0.1) is 0 Å². The van der Waals surface area contributed by atoms with Crippen molar-refractivity contribution in [2.24, 2.45) is 0 Å². The van der Waals surface area contributed by atoms with Gasteiger partial charge in [0.1, 0.15) is 12.6 Å². The van der Waals surface area contributed by atoms with Gasteiger partial charge in [-0.1, -0.05) is 69.0 Å². The third-order valence-electron chi connectivity index (χ3n) is 5.92. The van der Waals surface area contributed by atoms with Crippen LogP contribution in [0.4, 0.5) is 5.69 Å². The quantitative estimate of drug-likeness (QED) is 0.282. The normalized spacial score (nSPS) is 12.2. The standard InChI is InChI=1S/C28H30BrCl2N3O4S/c1-18(2)32-28(36)20(4)33(16-21-6-5-7-22(29)14-21)27(35)17-34(23-10-13-25(30)26(31)15-23)39(37,38)24-11-8-19(3)9-12-24/h5-15,18,20H,16-17H2,1-4H3,(H,32,36)/t20-/m1/s1. The smallest absolute Gasteiger partial charge is 0.264 e. The van der Waals surface area contributed by atoms with E-state index in [2.05, 4.69) is 21.2 Å². The second-order valence-corrected chi connectivity index (χ2v) is 13.0. The van der Waals surface area contributed by atoms with E-state index in [4.69, 9.17) is 23.2 Å². The summed E-state index contributed by atoms with van der Waals surface area (Å²) in [4.78, 5) is 28.2. The lowest BCUT2D eigenvalue weighted by molar-refractivity contribution is -0.139. The van der Waals surface area contributed by atoms with Crippen molar-refractivity contribution in [2.75, 3.05) is 10.8 Å². The predicted octanol–water partition coefficient (Wildman–Crippen LogP) is 6.20. The SMILES string of the molecule is Cc1ccc(S(=O)(=O)N(CC(=O)N(Cc2cccc(Br)c2)[C@H](C)C(=O)NC(C)C)c2ccc(Cl)c(Cl)c2)cc1. The zero-order valence-corrected chi connectivity index (χ0v) is 25.9. The van der Waals surface area contributed by atoms with Gasteiger partial charge in [0.05, 0.1) is 20.6 Å². The first-order chi connectivity index (χ1) is 18.3. The number of anilines is 1. The van der Waals surface area contributed by atoms with Crippen molar-refractivity contribution in [3.63, 3.8) is 0 Å². The average molecular weight is 655 g/mol. The zero-order chi connectivity index (χ0) is 28.9. The summed E-state index contributed by atoms with van der Waals surface area (Å²) in [6.07, 6.45) is 0. The first-order valence-electron chi connectivity index (χ1n) is 12.2. The maximum atomic E-state index is 13.9. The monoisotopic (exact) mass is 653 g/mol. The molecule has 0 radical (unpaired) electrons. The van der Waals surface area contributed by atoms with Crippen molar-refractivity contribution in [1.29, 1.82) is 0 Å². The van der Waals surface area contributed by atoms with Gasteiger partial charge in [0.2, 0.25) is 11.8 Å². The Labute approximate surface area is 248 Å². The first-order valence-corrected chi connectivity index (χ1v) is 15.2. The fourth-order valence-corrected chi connectivity index (χ4v) is 5.97. The Bertz CT molecular complexity index is 1450. The van der Waals surface area contributed by atoms with Crippen LogP contribution in [-0.4, -0.2) is 43.8 Å². The minimum atomic E-state index is -4.20. The summed E-state index contributed by atoms with van der Waals surface area (Å²) in [7, 11) is -4.20. The Kier molecular flexibility index (Phi) is 10.5. The number of carbonyl (C=O) groups excluding carboxylic acids is 2. The molecule has 7 nitrogen and oxygen atoms in total. The molecular formula is C28H30BrCl2N3O4S. The maximum Gasteiger partial charge on any atom is 0.264 e. The Balaban J connectivity index is 2.06. The number of hydrogen-bond acceptors (Lipinski definition) is 4. The molecule has 3 aromatic rings. The van der Waals surface area contributed by atoms with Gasteiger partial charge in [-0.2, -0.15) is 0 Å². The van der Waals surface area contributed by atoms with E-state index in [9.17, 15) is 18.0 Å². The summed E-state index contributed by atoms with van der Waals surface area (Å²) in [6.45, 7) is 6.63. The van der Waals surface area contributed by atoms with Crippen LogP contribution >= 0.6 is 39.1 Å². The van der Waals surface area contributed by atoms with Crippen LogP contribution in [0.1, 0.15) is 31.9 Å². The van der Waals surface area contributed by atoms with Crippen LogP contribution in [0.2, 0.25) is 10.0 Å². The molecule has 0 aliphatic carbocycles. The molecule has 0 saturated heterocycles. The molecule has 11 heteroatoms. The van der Waals surface area contributed by atoms with Crippen LogP contribution in [0.5, 0.6) is 0 Å². The van der Waals surface area contributed by atoms with E-state index < -0.39 is 28.5 Å². The van der Waals surface area contributed by atoms with E-state index in [1.54, 1.807) is 19.1 Å². The number of carbonyl (C=O) groups is 2. The number of halogens is 3. The molecule has 3 rings (SSSR count). The van der Waals surface area contributed by atoms with Crippen LogP contribution in [-0.2, 0) is 26.2 Å². The highest BCUT2D eigenvalue weighted by Crippen LogP contribution is 2.31. The van der Waals surface area contributed by atoms with Crippen LogP contribution < -0.4 is 9.62 Å². The third kappa shape index (κ3) is 7.97. The highest BCUT2D eigenvalue weighted by Gasteiger charge is 2.33. The molecule has 0 aliphatic heterocycles. The molecule has 39 heavy (non-hydrogen) atoms. The second kappa shape index (κ2) is 13.2. The molecule has 0 unspecified atom stereocenters. The number of nitrogens with zero attached hydrogens (tertiary/aromatic N) is 2. The number of sulfonamides is 1. The topological polar surface area (TPSA) is 86.8 Å². The predicted molar refractivity (Wildman–Crippen MR) is 160 cm³/mol. The number of amides is 2. The average Bonchev–Trinajstić information content (AvgIpc) is 2.87. The molecule has 1 atom stereocenters. The highest BCUT2D eigenvalue weighted by molar-refractivity contribution is 9.10. The molecule has 2 amide bonds. The van der Waals surface area contributed by atoms with Crippen molar-refractivity contribution in [2.45, 2.75) is 51.2 Å². The van der Waals surface area contributed by atoms with Gasteiger partial charge in [0.25, 0.3) is 10.0 Å². The number of aryl methyl sites for hydroxylation is 1. The molecule has 0 heterocycles. The highest BCUT2D eigenvalue weighted by atomic mass is 79.9. The summed E-state index contributed by atoms with van der Waals surface area (Å²) >= 11 is 15.8. The fraction of sp³-hybridized carbons (Fsp3) is 0.286. The number of nitrogens with one attached hydrogen (secondary N) is 1. The van der Waals surface area contributed by atoms with Crippen molar-refractivity contribution < 1.29 is 18.0 Å². The van der Waals surface area contributed by atoms with Gasteiger partial charge in [-0.3, -0.25) is 13.9 Å². The Morgan fingerprint density at radius 2 is 1.62 bits per heavy atom. The Morgan fingerprint density at radius 3 is 2.21 bits per heavy atom. The minimum absolute atomic E-state index is 0.0103. The summed E-state index contributed by atoms with van der Waals surface area (Å²) < 4.78 is 29.5. The van der Waals surface area contributed by atoms with Crippen LogP contribution in [0.3, 0.4) is 0 Å². The number of hydrogen-bond donors (Lipinski definition) is 1. The van der Waals surface area contributed by atoms with E-state index in [1.807, 2.05) is 45.0 Å². The van der Waals surface area contributed by atoms with Gasteiger partial charge in [0.15, 0.2) is 0 Å². The molecule has 0 spiro atoms. The largest absolute Gasteiger partial charge is 0.352 e. The molecule has 0 bridgehead atoms. The minimum Gasteiger partial charge on any atom is -0.352 e. The summed E-state index contributed by atoms with van der Waals surface area (Å²) in [5.41, 5.74) is 1.82. The molecule has 1 N–H and O–H groups in total. The third-order valence-corrected chi connectivity index (χ3v) is 8.94. The molecule has 0 aromatic heterocycles. The lowest BCUT2D eigenvalue weighted by Gasteiger charge is -2.32. The lowest BCUT2D eigenvalue weighted by Crippen LogP contribution is -2.52. The molecule has 0 aliphatic rings. The Hall–Kier alpha value is -2.59. The molecule has 0 saturated carbocycles. The number of rotatable bonds is 10. The van der Waals surface area contributed by atoms with Gasteiger partial charge in [0, 0.05) is 17.1 Å². The van der Waals surface area contributed by atoms with Gasteiger partial charge in [-0.05, 0) is 75.7 Å². The lowest BCUT2D eigenvalue weighted by atomic mass is 10.1. The fourth-order valence-electron chi connectivity index (χ4n) is 3.83. The van der Waals surface area contributed by atoms with E-state index >= 15 is 0 Å². The summed E-state index contributed by atoms with van der Waals surface area (Å²) in [5, 5.41) is 3.21. The molecule has 3 aromatic carbocycles. The zero-order valence-electron chi connectivity index (χ0n) is 22.0. The summed E-state index contributed by atoms with van der Waals surface area (Å²) in [5.74, 6) is -0.918. The van der Waals surface area contributed by atoms with Crippen molar-refractivity contribution >= 4 is 66.7 Å². The molecule has 208 valence electrons. The van der Waals surface area contributed by atoms with Crippen LogP contribution in [0.25, 0.3) is 0 Å². The molecule has 0 fully saturated rings. The van der Waals surface area contributed by atoms with Crippen LogP contribution in [0, 0.1) is 6.92 Å². The first kappa shape index (κ1) is 30.9. The maximum absolute atomic E-state index is 13.9. The molecular weight excluding hydrogens is 625 g/mol. The summed E-state index contributed by atoms with van der Waals surface area (Å²) in [6, 6.07) is 17.0. The van der Waals surface area contributed by atoms with Crippen LogP contribution in [0.15, 0.2) is 76.1 Å². The van der Waals surface area contributed by atoms with E-state index in [1.165, 1.54) is 35.2 Å². The van der Waals surface area contributed by atoms with Crippen molar-refractivity contribution in [1.82, 2.24) is 10.2 Å².